The summed E-state index contributed by atoms with van der Waals surface area (Å²) in [7, 11) is 1.60. The number of ether oxygens (including phenoxy) is 1. The van der Waals surface area contributed by atoms with Gasteiger partial charge in [0.05, 0.1) is 6.61 Å². The Morgan fingerprint density at radius 1 is 1.88 bits per heavy atom. The molecule has 0 bridgehead atoms. The Balaban J connectivity index is 3.11. The summed E-state index contributed by atoms with van der Waals surface area (Å²) in [6, 6.07) is 0. The average molecular weight is 114 g/mol. The minimum Gasteiger partial charge on any atom is -0.384 e. The van der Waals surface area contributed by atoms with Gasteiger partial charge in [0, 0.05) is 7.11 Å². The van der Waals surface area contributed by atoms with Crippen molar-refractivity contribution in [2.75, 3.05) is 13.7 Å². The van der Waals surface area contributed by atoms with E-state index in [0.717, 1.165) is 6.29 Å². The summed E-state index contributed by atoms with van der Waals surface area (Å²) < 4.78 is 4.69. The van der Waals surface area contributed by atoms with Crippen molar-refractivity contribution in [1.29, 1.82) is 0 Å². The molecule has 2 heteroatoms. The fraction of sp³-hybridized carbons (Fsp3) is 0.500. The molecule has 0 radical (unpaired) electrons. The first-order valence-electron chi connectivity index (χ1n) is 2.43. The van der Waals surface area contributed by atoms with E-state index in [-0.39, 0.29) is 0 Å². The highest BCUT2D eigenvalue weighted by Gasteiger charge is 1.87. The van der Waals surface area contributed by atoms with Crippen molar-refractivity contribution in [3.63, 3.8) is 0 Å². The lowest BCUT2D eigenvalue weighted by molar-refractivity contribution is -0.105. The Morgan fingerprint density at radius 2 is 2.50 bits per heavy atom. The van der Waals surface area contributed by atoms with Gasteiger partial charge < -0.3 is 4.74 Å². The van der Waals surface area contributed by atoms with Crippen LogP contribution in [0.5, 0.6) is 0 Å². The Labute approximate surface area is 49.1 Å². The zero-order valence-corrected chi connectivity index (χ0v) is 5.02. The van der Waals surface area contributed by atoms with Crippen LogP contribution in [0.1, 0.15) is 6.42 Å². The molecule has 0 aromatic rings. The van der Waals surface area contributed by atoms with Crippen molar-refractivity contribution < 1.29 is 9.53 Å². The van der Waals surface area contributed by atoms with E-state index in [1.807, 2.05) is 0 Å². The Kier molecular flexibility index (Phi) is 4.17. The maximum atomic E-state index is 9.86. The number of aldehydes is 1. The van der Waals surface area contributed by atoms with E-state index in [1.54, 1.807) is 7.11 Å². The third kappa shape index (κ3) is 3.56. The maximum Gasteiger partial charge on any atom is 0.145 e. The van der Waals surface area contributed by atoms with Gasteiger partial charge in [0.1, 0.15) is 6.29 Å². The molecular formula is C6H10O2. The Hall–Kier alpha value is -0.630. The van der Waals surface area contributed by atoms with Crippen LogP contribution in [-0.2, 0) is 9.53 Å². The number of carbonyl (C=O) groups excluding carboxylic acids is 1. The first kappa shape index (κ1) is 7.37. The number of carbonyl (C=O) groups is 1. The summed E-state index contributed by atoms with van der Waals surface area (Å²) in [5.41, 5.74) is 0.590. The van der Waals surface area contributed by atoms with E-state index < -0.39 is 0 Å². The smallest absolute Gasteiger partial charge is 0.145 e. The lowest BCUT2D eigenvalue weighted by Crippen LogP contribution is -1.90. The second kappa shape index (κ2) is 4.53. The summed E-state index contributed by atoms with van der Waals surface area (Å²) in [5.74, 6) is 0. The molecule has 2 nitrogen and oxygen atoms in total. The van der Waals surface area contributed by atoms with Crippen LogP contribution in [0, 0.1) is 0 Å². The summed E-state index contributed by atoms with van der Waals surface area (Å²) in [5, 5.41) is 0. The number of rotatable bonds is 4. The monoisotopic (exact) mass is 114 g/mol. The molecule has 0 aromatic heterocycles. The second-order valence-corrected chi connectivity index (χ2v) is 1.52. The van der Waals surface area contributed by atoms with Crippen LogP contribution in [0.25, 0.3) is 0 Å². The van der Waals surface area contributed by atoms with Gasteiger partial charge in [0.15, 0.2) is 0 Å². The molecule has 46 valence electrons. The van der Waals surface area contributed by atoms with E-state index in [4.69, 9.17) is 4.74 Å². The molecule has 0 aromatic carbocycles. The molecular weight excluding hydrogens is 104 g/mol. The summed E-state index contributed by atoms with van der Waals surface area (Å²) >= 11 is 0. The standard InChI is InChI=1S/C6H10O2/c1-6(5-7)3-4-8-2/h5H,1,3-4H2,2H3. The molecule has 8 heavy (non-hydrogen) atoms. The van der Waals surface area contributed by atoms with Crippen LogP contribution < -0.4 is 0 Å². The third-order valence-corrected chi connectivity index (χ3v) is 0.794. The van der Waals surface area contributed by atoms with Gasteiger partial charge in [-0.15, -0.1) is 0 Å². The highest BCUT2D eigenvalue weighted by molar-refractivity contribution is 5.71. The molecule has 0 aliphatic rings. The topological polar surface area (TPSA) is 26.3 Å². The van der Waals surface area contributed by atoms with Crippen LogP contribution >= 0.6 is 0 Å². The highest BCUT2D eigenvalue weighted by atomic mass is 16.5. The van der Waals surface area contributed by atoms with E-state index >= 15 is 0 Å². The van der Waals surface area contributed by atoms with Gasteiger partial charge in [-0.25, -0.2) is 0 Å². The summed E-state index contributed by atoms with van der Waals surface area (Å²) in [6.45, 7) is 4.04. The molecule has 0 N–H and O–H groups in total. The molecule has 0 unspecified atom stereocenters. The van der Waals surface area contributed by atoms with Gasteiger partial charge in [0.2, 0.25) is 0 Å². The minimum atomic E-state index is 0.581. The fourth-order valence-electron chi connectivity index (χ4n) is 0.292. The molecule has 0 heterocycles. The van der Waals surface area contributed by atoms with Gasteiger partial charge in [-0.1, -0.05) is 6.58 Å². The van der Waals surface area contributed by atoms with Crippen molar-refractivity contribution in [3.05, 3.63) is 12.2 Å². The molecule has 0 aliphatic heterocycles. The number of hydrogen-bond donors (Lipinski definition) is 0. The highest BCUT2D eigenvalue weighted by Crippen LogP contribution is 1.90. The van der Waals surface area contributed by atoms with Gasteiger partial charge in [-0.2, -0.15) is 0 Å². The first-order chi connectivity index (χ1) is 3.81. The van der Waals surface area contributed by atoms with Crippen molar-refractivity contribution in [1.82, 2.24) is 0 Å². The molecule has 0 saturated heterocycles. The quantitative estimate of drug-likeness (QED) is 0.398. The molecule has 0 aliphatic carbocycles. The largest absolute Gasteiger partial charge is 0.384 e. The first-order valence-corrected chi connectivity index (χ1v) is 2.43. The van der Waals surface area contributed by atoms with Gasteiger partial charge in [-0.05, 0) is 12.0 Å². The molecule has 0 rings (SSSR count). The minimum absolute atomic E-state index is 0.581. The molecule has 0 amide bonds. The van der Waals surface area contributed by atoms with Gasteiger partial charge >= 0.3 is 0 Å². The molecule has 0 saturated carbocycles. The van der Waals surface area contributed by atoms with Crippen LogP contribution in [-0.4, -0.2) is 20.0 Å². The predicted molar refractivity (Wildman–Crippen MR) is 31.7 cm³/mol. The number of hydrogen-bond acceptors (Lipinski definition) is 2. The van der Waals surface area contributed by atoms with Crippen LogP contribution in [0.2, 0.25) is 0 Å². The van der Waals surface area contributed by atoms with E-state index in [2.05, 4.69) is 6.58 Å². The average Bonchev–Trinajstić information content (AvgIpc) is 1.83. The zero-order chi connectivity index (χ0) is 6.41. The van der Waals surface area contributed by atoms with E-state index in [9.17, 15) is 4.79 Å². The normalized spacial score (nSPS) is 8.62. The van der Waals surface area contributed by atoms with Crippen molar-refractivity contribution in [3.8, 4) is 0 Å². The van der Waals surface area contributed by atoms with Crippen LogP contribution in [0.3, 0.4) is 0 Å². The summed E-state index contributed by atoms with van der Waals surface area (Å²) in [4.78, 5) is 9.86. The second-order valence-electron chi connectivity index (χ2n) is 1.52. The lowest BCUT2D eigenvalue weighted by Gasteiger charge is -1.93. The SMILES string of the molecule is C=C(C=O)CCOC. The molecule has 0 atom stereocenters. The van der Waals surface area contributed by atoms with Crippen molar-refractivity contribution in [2.24, 2.45) is 0 Å². The van der Waals surface area contributed by atoms with Crippen molar-refractivity contribution >= 4 is 6.29 Å². The van der Waals surface area contributed by atoms with Gasteiger partial charge in [-0.3, -0.25) is 4.79 Å². The number of methoxy groups -OCH3 is 1. The van der Waals surface area contributed by atoms with Crippen LogP contribution in [0.15, 0.2) is 12.2 Å². The fourth-order valence-corrected chi connectivity index (χ4v) is 0.292. The third-order valence-electron chi connectivity index (χ3n) is 0.794. The maximum absolute atomic E-state index is 9.86. The molecule has 0 spiro atoms. The zero-order valence-electron chi connectivity index (χ0n) is 5.02. The molecule has 0 fully saturated rings. The van der Waals surface area contributed by atoms with Crippen LogP contribution in [0.4, 0.5) is 0 Å². The van der Waals surface area contributed by atoms with Gasteiger partial charge in [0.25, 0.3) is 0 Å². The Morgan fingerprint density at radius 3 is 2.88 bits per heavy atom. The van der Waals surface area contributed by atoms with E-state index in [1.165, 1.54) is 0 Å². The van der Waals surface area contributed by atoms with E-state index in [0.29, 0.717) is 18.6 Å². The van der Waals surface area contributed by atoms with Crippen molar-refractivity contribution in [2.45, 2.75) is 6.42 Å². The lowest BCUT2D eigenvalue weighted by atomic mass is 10.2. The predicted octanol–water partition coefficient (Wildman–Crippen LogP) is 0.778. The Bertz CT molecular complexity index is 86.5. The summed E-state index contributed by atoms with van der Waals surface area (Å²) in [6.07, 6.45) is 1.39.